The number of nitrogens with zero attached hydrogens (tertiary/aromatic N) is 3. The molecule has 1 aromatic heterocycles. The molecule has 3 aromatic rings. The van der Waals surface area contributed by atoms with Gasteiger partial charge in [-0.05, 0) is 29.7 Å². The molecule has 27 heavy (non-hydrogen) atoms. The lowest BCUT2D eigenvalue weighted by atomic mass is 10.0. The Kier molecular flexibility index (Phi) is 4.98. The van der Waals surface area contributed by atoms with E-state index in [9.17, 15) is 4.79 Å². The molecule has 3 atom stereocenters. The van der Waals surface area contributed by atoms with Crippen molar-refractivity contribution in [2.75, 3.05) is 0 Å². The molecule has 1 fully saturated rings. The van der Waals surface area contributed by atoms with Gasteiger partial charge in [0, 0.05) is 17.6 Å². The first-order chi connectivity index (χ1) is 13.1. The SMILES string of the molecule is N[C@H]1C[C@@H](N)[C@H](OCc2cn(CC(=O)c3ccc4ccccc4c3)nn2)C1. The highest BCUT2D eigenvalue weighted by Crippen LogP contribution is 2.21. The van der Waals surface area contributed by atoms with E-state index in [0.29, 0.717) is 17.9 Å². The van der Waals surface area contributed by atoms with Gasteiger partial charge < -0.3 is 16.2 Å². The molecule has 2 aromatic carbocycles. The molecule has 0 aliphatic heterocycles. The van der Waals surface area contributed by atoms with Crippen LogP contribution in [0.1, 0.15) is 28.9 Å². The Morgan fingerprint density at radius 1 is 1.15 bits per heavy atom. The largest absolute Gasteiger partial charge is 0.370 e. The van der Waals surface area contributed by atoms with Gasteiger partial charge in [-0.3, -0.25) is 4.79 Å². The number of hydrogen-bond donors (Lipinski definition) is 2. The Bertz CT molecular complexity index is 954. The predicted molar refractivity (Wildman–Crippen MR) is 102 cm³/mol. The van der Waals surface area contributed by atoms with Gasteiger partial charge in [0.25, 0.3) is 0 Å². The van der Waals surface area contributed by atoms with Crippen molar-refractivity contribution in [3.05, 3.63) is 59.9 Å². The first-order valence-electron chi connectivity index (χ1n) is 9.12. The maximum atomic E-state index is 12.6. The number of benzene rings is 2. The second-order valence-electron chi connectivity index (χ2n) is 7.14. The topological polar surface area (TPSA) is 109 Å². The van der Waals surface area contributed by atoms with Crippen LogP contribution < -0.4 is 11.5 Å². The van der Waals surface area contributed by atoms with Gasteiger partial charge in [-0.2, -0.15) is 0 Å². The zero-order chi connectivity index (χ0) is 18.8. The molecule has 1 saturated carbocycles. The number of carbonyl (C=O) groups is 1. The van der Waals surface area contributed by atoms with Crippen molar-refractivity contribution in [3.8, 4) is 0 Å². The summed E-state index contributed by atoms with van der Waals surface area (Å²) < 4.78 is 7.36. The number of Topliss-reactive ketones (excluding diaryl/α,β-unsaturated/α-hetero) is 1. The fourth-order valence-corrected chi connectivity index (χ4v) is 3.54. The van der Waals surface area contributed by atoms with Crippen LogP contribution in [0.4, 0.5) is 0 Å². The quantitative estimate of drug-likeness (QED) is 0.643. The summed E-state index contributed by atoms with van der Waals surface area (Å²) in [6.07, 6.45) is 3.22. The first-order valence-corrected chi connectivity index (χ1v) is 9.12. The summed E-state index contributed by atoms with van der Waals surface area (Å²) in [6, 6.07) is 13.7. The number of ether oxygens (including phenoxy) is 1. The number of carbonyl (C=O) groups excluding carboxylic acids is 1. The maximum absolute atomic E-state index is 12.6. The van der Waals surface area contributed by atoms with Gasteiger partial charge in [-0.15, -0.1) is 5.10 Å². The van der Waals surface area contributed by atoms with Crippen molar-refractivity contribution in [1.82, 2.24) is 15.0 Å². The minimum atomic E-state index is -0.0515. The zero-order valence-corrected chi connectivity index (χ0v) is 15.0. The van der Waals surface area contributed by atoms with Crippen molar-refractivity contribution in [3.63, 3.8) is 0 Å². The van der Waals surface area contributed by atoms with Crippen LogP contribution in [-0.2, 0) is 17.9 Å². The highest BCUT2D eigenvalue weighted by Gasteiger charge is 2.30. The van der Waals surface area contributed by atoms with Gasteiger partial charge in [0.05, 0.1) is 18.9 Å². The molecule has 0 bridgehead atoms. The molecule has 0 amide bonds. The van der Waals surface area contributed by atoms with Gasteiger partial charge in [-0.1, -0.05) is 41.6 Å². The van der Waals surface area contributed by atoms with E-state index in [-0.39, 0.29) is 30.5 Å². The Hall–Kier alpha value is -2.61. The number of hydrogen-bond acceptors (Lipinski definition) is 6. The predicted octanol–water partition coefficient (Wildman–Crippen LogP) is 1.65. The molecule has 0 radical (unpaired) electrons. The van der Waals surface area contributed by atoms with Crippen LogP contribution in [0.5, 0.6) is 0 Å². The van der Waals surface area contributed by atoms with Crippen LogP contribution in [0.3, 0.4) is 0 Å². The fourth-order valence-electron chi connectivity index (χ4n) is 3.54. The van der Waals surface area contributed by atoms with Crippen LogP contribution in [0.2, 0.25) is 0 Å². The van der Waals surface area contributed by atoms with E-state index in [1.165, 1.54) is 4.68 Å². The Balaban J connectivity index is 1.37. The van der Waals surface area contributed by atoms with Gasteiger partial charge in [0.15, 0.2) is 5.78 Å². The van der Waals surface area contributed by atoms with Crippen molar-refractivity contribution < 1.29 is 9.53 Å². The summed E-state index contributed by atoms with van der Waals surface area (Å²) in [5, 5.41) is 10.3. The van der Waals surface area contributed by atoms with Crippen molar-refractivity contribution >= 4 is 16.6 Å². The number of fused-ring (bicyclic) bond motifs is 1. The Morgan fingerprint density at radius 2 is 1.96 bits per heavy atom. The molecule has 7 heteroatoms. The highest BCUT2D eigenvalue weighted by atomic mass is 16.5. The van der Waals surface area contributed by atoms with E-state index in [2.05, 4.69) is 10.3 Å². The summed E-state index contributed by atoms with van der Waals surface area (Å²) >= 11 is 0. The van der Waals surface area contributed by atoms with Crippen LogP contribution >= 0.6 is 0 Å². The molecule has 0 spiro atoms. The van der Waals surface area contributed by atoms with Gasteiger partial charge in [0.1, 0.15) is 12.2 Å². The average Bonchev–Trinajstić information content (AvgIpc) is 3.24. The van der Waals surface area contributed by atoms with E-state index < -0.39 is 0 Å². The summed E-state index contributed by atoms with van der Waals surface area (Å²) in [6.45, 7) is 0.453. The van der Waals surface area contributed by atoms with Crippen molar-refractivity contribution in [2.45, 2.75) is 44.2 Å². The maximum Gasteiger partial charge on any atom is 0.184 e. The lowest BCUT2D eigenvalue weighted by Crippen LogP contribution is -2.31. The molecule has 1 aliphatic rings. The second-order valence-corrected chi connectivity index (χ2v) is 7.14. The van der Waals surface area contributed by atoms with Crippen LogP contribution in [0.15, 0.2) is 48.7 Å². The minimum Gasteiger partial charge on any atom is -0.370 e. The molecule has 4 rings (SSSR count). The molecule has 1 aliphatic carbocycles. The standard InChI is InChI=1S/C20H23N5O2/c21-16-8-18(22)20(9-16)27-12-17-10-25(24-23-17)11-19(26)15-6-5-13-3-1-2-4-14(13)7-15/h1-7,10,16,18,20H,8-9,11-12,21-22H2/t16-,18+,20+/m0/s1. The summed E-state index contributed by atoms with van der Waals surface area (Å²) in [4.78, 5) is 12.6. The number of ketones is 1. The second kappa shape index (κ2) is 7.56. The van der Waals surface area contributed by atoms with E-state index >= 15 is 0 Å². The summed E-state index contributed by atoms with van der Waals surface area (Å²) in [5.74, 6) is -0.0121. The Labute approximate surface area is 157 Å². The number of aromatic nitrogens is 3. The van der Waals surface area contributed by atoms with Crippen molar-refractivity contribution in [1.29, 1.82) is 0 Å². The average molecular weight is 365 g/mol. The third-order valence-corrected chi connectivity index (χ3v) is 5.00. The smallest absolute Gasteiger partial charge is 0.184 e. The normalized spacial score (nSPS) is 22.4. The molecular formula is C20H23N5O2. The summed E-state index contributed by atoms with van der Waals surface area (Å²) in [5.41, 5.74) is 13.3. The van der Waals surface area contributed by atoms with Gasteiger partial charge in [-0.25, -0.2) is 4.68 Å². The van der Waals surface area contributed by atoms with Gasteiger partial charge in [0.2, 0.25) is 0 Å². The zero-order valence-electron chi connectivity index (χ0n) is 15.0. The number of rotatable bonds is 6. The van der Waals surface area contributed by atoms with Crippen LogP contribution in [0, 0.1) is 0 Å². The Morgan fingerprint density at radius 3 is 2.74 bits per heavy atom. The van der Waals surface area contributed by atoms with Crippen molar-refractivity contribution in [2.24, 2.45) is 11.5 Å². The van der Waals surface area contributed by atoms with E-state index in [4.69, 9.17) is 16.2 Å². The highest BCUT2D eigenvalue weighted by molar-refractivity contribution is 5.99. The lowest BCUT2D eigenvalue weighted by Gasteiger charge is -2.14. The summed E-state index contributed by atoms with van der Waals surface area (Å²) in [7, 11) is 0. The molecule has 0 saturated heterocycles. The molecule has 7 nitrogen and oxygen atoms in total. The third kappa shape index (κ3) is 4.05. The molecule has 4 N–H and O–H groups in total. The van der Waals surface area contributed by atoms with Gasteiger partial charge >= 0.3 is 0 Å². The molecule has 1 heterocycles. The fraction of sp³-hybridized carbons (Fsp3) is 0.350. The molecular weight excluding hydrogens is 342 g/mol. The molecule has 0 unspecified atom stereocenters. The first kappa shape index (κ1) is 17.8. The lowest BCUT2D eigenvalue weighted by molar-refractivity contribution is 0.0332. The number of nitrogens with two attached hydrogens (primary N) is 2. The minimum absolute atomic E-state index is 0.0121. The van der Waals surface area contributed by atoms with Crippen LogP contribution in [0.25, 0.3) is 10.8 Å². The van der Waals surface area contributed by atoms with E-state index in [1.54, 1.807) is 6.20 Å². The van der Waals surface area contributed by atoms with E-state index in [1.807, 2.05) is 42.5 Å². The third-order valence-electron chi connectivity index (χ3n) is 5.00. The monoisotopic (exact) mass is 365 g/mol. The van der Waals surface area contributed by atoms with E-state index in [0.717, 1.165) is 23.6 Å². The van der Waals surface area contributed by atoms with Crippen LogP contribution in [-0.4, -0.2) is 39.0 Å². The molecule has 140 valence electrons.